The Morgan fingerprint density at radius 1 is 0.864 bits per heavy atom. The molecule has 0 amide bonds. The number of aliphatic hydroxyl groups is 2. The lowest BCUT2D eigenvalue weighted by molar-refractivity contribution is -0.105. The molecule has 0 bridgehead atoms. The average molecular weight is 643 g/mol. The van der Waals surface area contributed by atoms with Crippen molar-refractivity contribution in [1.29, 1.82) is 0 Å². The van der Waals surface area contributed by atoms with Gasteiger partial charge in [0.2, 0.25) is 0 Å². The minimum absolute atomic E-state index is 0. The second-order valence-corrected chi connectivity index (χ2v) is 13.0. The van der Waals surface area contributed by atoms with Gasteiger partial charge < -0.3 is 68.7 Å². The second kappa shape index (κ2) is 23.9. The molecule has 14 nitrogen and oxygen atoms in total. The molecule has 0 radical (unpaired) electrons. The Morgan fingerprint density at radius 3 is 1.50 bits per heavy atom. The van der Waals surface area contributed by atoms with Gasteiger partial charge in [-0.1, -0.05) is 14.9 Å². The normalized spacial score (nSPS) is 21.8. The third-order valence-electron chi connectivity index (χ3n) is 5.41. The van der Waals surface area contributed by atoms with E-state index in [-0.39, 0.29) is 49.8 Å². The summed E-state index contributed by atoms with van der Waals surface area (Å²) >= 11 is 0. The van der Waals surface area contributed by atoms with Crippen molar-refractivity contribution in [2.45, 2.75) is 170 Å². The number of hydrogen-bond acceptors (Lipinski definition) is 13. The summed E-state index contributed by atoms with van der Waals surface area (Å²) in [6.45, 7) is 23.4. The molecule has 0 spiro atoms. The van der Waals surface area contributed by atoms with Gasteiger partial charge in [-0.15, -0.1) is 0 Å². The maximum Gasteiger partial charge on any atom is 0.640 e. The molecule has 2 aliphatic heterocycles. The van der Waals surface area contributed by atoms with Crippen LogP contribution in [0.3, 0.4) is 0 Å². The van der Waals surface area contributed by atoms with Gasteiger partial charge in [0.1, 0.15) is 0 Å². The molecule has 0 saturated carbocycles. The molecule has 2 rings (SSSR count). The van der Waals surface area contributed by atoms with E-state index in [1.54, 1.807) is 20.8 Å². The molecule has 44 heavy (non-hydrogen) atoms. The van der Waals surface area contributed by atoms with Crippen LogP contribution in [0.15, 0.2) is 0 Å². The number of rotatable bonds is 8. The summed E-state index contributed by atoms with van der Waals surface area (Å²) in [7, 11) is -4.24. The summed E-state index contributed by atoms with van der Waals surface area (Å²) in [5.41, 5.74) is -1.72. The van der Waals surface area contributed by atoms with Crippen molar-refractivity contribution in [2.24, 2.45) is 0 Å². The van der Waals surface area contributed by atoms with Gasteiger partial charge >= 0.3 is 29.6 Å². The predicted octanol–water partition coefficient (Wildman–Crippen LogP) is 0.916. The minimum atomic E-state index is -2.17. The molecule has 0 aromatic heterocycles. The molecular formula is C26H66B4O14. The quantitative estimate of drug-likeness (QED) is 0.183. The van der Waals surface area contributed by atoms with Crippen molar-refractivity contribution >= 4 is 29.6 Å². The molecule has 0 aromatic rings. The first-order chi connectivity index (χ1) is 18.3. The van der Waals surface area contributed by atoms with Crippen LogP contribution in [0, 0.1) is 0 Å². The van der Waals surface area contributed by atoms with Crippen molar-refractivity contribution in [3.63, 3.8) is 0 Å². The van der Waals surface area contributed by atoms with Crippen LogP contribution in [0.4, 0.5) is 0 Å². The molecule has 0 aliphatic carbocycles. The highest BCUT2D eigenvalue weighted by Crippen LogP contribution is 2.31. The van der Waals surface area contributed by atoms with E-state index < -0.39 is 47.0 Å². The maximum absolute atomic E-state index is 9.03. The lowest BCUT2D eigenvalue weighted by Gasteiger charge is -2.41. The van der Waals surface area contributed by atoms with E-state index in [0.29, 0.717) is 12.8 Å². The molecule has 2 saturated heterocycles. The molecule has 2 heterocycles. The van der Waals surface area contributed by atoms with Crippen LogP contribution in [0.2, 0.25) is 0 Å². The number of aliphatic hydroxyl groups excluding tert-OH is 1. The monoisotopic (exact) mass is 642 g/mol. The minimum Gasteiger partial charge on any atom is -0.430 e. The van der Waals surface area contributed by atoms with E-state index in [2.05, 4.69) is 27.7 Å². The lowest BCUT2D eigenvalue weighted by Crippen LogP contribution is -2.51. The summed E-state index contributed by atoms with van der Waals surface area (Å²) in [6, 6.07) is 0. The van der Waals surface area contributed by atoms with Crippen molar-refractivity contribution in [3.05, 3.63) is 0 Å². The highest BCUT2D eigenvalue weighted by atomic mass is 16.7. The Labute approximate surface area is 268 Å². The molecule has 18 heteroatoms. The Morgan fingerprint density at radius 2 is 1.20 bits per heavy atom. The number of hydrogen-bond donors (Lipinski definition) is 7. The zero-order chi connectivity index (χ0) is 32.8. The van der Waals surface area contributed by atoms with Crippen molar-refractivity contribution < 1.29 is 68.7 Å². The zero-order valence-corrected chi connectivity index (χ0v) is 27.7. The molecule has 9 N–H and O–H groups in total. The first kappa shape index (κ1) is 53.2. The molecule has 266 valence electrons. The molecule has 2 fully saturated rings. The van der Waals surface area contributed by atoms with Gasteiger partial charge in [-0.05, 0) is 102 Å². The Bertz CT molecular complexity index is 679. The Hall–Kier alpha value is -0.300. The van der Waals surface area contributed by atoms with E-state index in [0.717, 1.165) is 12.8 Å². The van der Waals surface area contributed by atoms with E-state index in [1.165, 1.54) is 0 Å². The molecule has 4 unspecified atom stereocenters. The van der Waals surface area contributed by atoms with E-state index in [9.17, 15) is 0 Å². The van der Waals surface area contributed by atoms with Gasteiger partial charge in [0.15, 0.2) is 0 Å². The summed E-state index contributed by atoms with van der Waals surface area (Å²) in [5, 5.41) is 53.5. The fourth-order valence-corrected chi connectivity index (χ4v) is 4.61. The highest BCUT2D eigenvalue weighted by Gasteiger charge is 2.44. The fourth-order valence-electron chi connectivity index (χ4n) is 4.61. The second-order valence-electron chi connectivity index (χ2n) is 13.0. The van der Waals surface area contributed by atoms with Gasteiger partial charge in [-0.3, -0.25) is 0 Å². The van der Waals surface area contributed by atoms with Crippen LogP contribution in [-0.2, 0) is 27.9 Å². The molecule has 2 aliphatic rings. The first-order valence-corrected chi connectivity index (χ1v) is 14.0. The molecule has 0 aromatic carbocycles. The predicted molar refractivity (Wildman–Crippen MR) is 176 cm³/mol. The van der Waals surface area contributed by atoms with Gasteiger partial charge in [0.25, 0.3) is 0 Å². The molecular weight excluding hydrogens is 576 g/mol. The molecule has 4 atom stereocenters. The summed E-state index contributed by atoms with van der Waals surface area (Å²) < 4.78 is 35.4. The van der Waals surface area contributed by atoms with E-state index in [4.69, 9.17) is 63.3 Å². The van der Waals surface area contributed by atoms with E-state index >= 15 is 0 Å². The van der Waals surface area contributed by atoms with Crippen molar-refractivity contribution in [1.82, 2.24) is 0 Å². The zero-order valence-electron chi connectivity index (χ0n) is 27.7. The maximum atomic E-state index is 9.03. The fraction of sp³-hybridized carbons (Fsp3) is 1.00. The van der Waals surface area contributed by atoms with Crippen molar-refractivity contribution in [3.8, 4) is 0 Å². The Kier molecular flexibility index (Phi) is 28.9. The largest absolute Gasteiger partial charge is 0.640 e. The van der Waals surface area contributed by atoms with Gasteiger partial charge in [0.05, 0.1) is 28.5 Å². The van der Waals surface area contributed by atoms with Crippen LogP contribution in [0.25, 0.3) is 0 Å². The smallest absolute Gasteiger partial charge is 0.430 e. The lowest BCUT2D eigenvalue weighted by atomic mass is 9.48. The van der Waals surface area contributed by atoms with Crippen molar-refractivity contribution in [2.75, 3.05) is 0 Å². The van der Waals surface area contributed by atoms with Gasteiger partial charge in [0, 0.05) is 24.7 Å². The van der Waals surface area contributed by atoms with Crippen LogP contribution < -0.4 is 0 Å². The Balaban J connectivity index is -0.000000236. The topological polar surface area (TPSA) is 228 Å². The highest BCUT2D eigenvalue weighted by molar-refractivity contribution is 6.37. The van der Waals surface area contributed by atoms with Crippen LogP contribution in [0.5, 0.6) is 0 Å². The summed E-state index contributed by atoms with van der Waals surface area (Å²) in [4.78, 5) is 0. The SMILES string of the molecule is C.C.CC(O)CC(C)(C)O.CC1CC(C)(C)O[10B](OC(C)CC(C)(C)O[10B]2OC(C)CC(C)(C)O2)O1.O.O[10BH]O.O[10B](O)O. The third kappa shape index (κ3) is 31.7. The van der Waals surface area contributed by atoms with E-state index in [1.807, 2.05) is 34.6 Å². The van der Waals surface area contributed by atoms with Crippen LogP contribution >= 0.6 is 0 Å². The third-order valence-corrected chi connectivity index (χ3v) is 5.41. The summed E-state index contributed by atoms with van der Waals surface area (Å²) in [6.07, 6.45) is 2.47. The summed E-state index contributed by atoms with van der Waals surface area (Å²) in [5.74, 6) is 0. The van der Waals surface area contributed by atoms with Crippen LogP contribution in [-0.4, -0.2) is 117 Å². The van der Waals surface area contributed by atoms with Crippen LogP contribution in [0.1, 0.15) is 124 Å². The first-order valence-electron chi connectivity index (χ1n) is 14.0. The van der Waals surface area contributed by atoms with Gasteiger partial charge in [-0.2, -0.15) is 0 Å². The average Bonchev–Trinajstić information content (AvgIpc) is 2.61. The standard InChI is InChI=1S/C18H36B2O6.C6H14O2.2CH4.BH3O3.BH3O2.H2O/c1-13-10-16(4,5)24-19(21-13)22-14(2)11-17(6,7)25-20-23-15(3)12-18(8,9)26-20;1-5(7)4-6(2,3)8;;;2-1(3)4;2-1-3;/h13-15H,10-12H2,1-9H3;5,7-8H,4H2,1-3H3;2*1H4;2-4H;1-3H;1H2/i19-1,20-1;;;;2*1-1;. The van der Waals surface area contributed by atoms with Gasteiger partial charge in [-0.25, -0.2) is 0 Å².